The van der Waals surface area contributed by atoms with Gasteiger partial charge in [-0.05, 0) is 30.3 Å². The van der Waals surface area contributed by atoms with Crippen LogP contribution in [0.15, 0.2) is 47.5 Å². The smallest absolute Gasteiger partial charge is 0.269 e. The van der Waals surface area contributed by atoms with Crippen molar-refractivity contribution in [2.45, 2.75) is 11.3 Å². The molecule has 0 fully saturated rings. The van der Waals surface area contributed by atoms with Crippen LogP contribution in [0.2, 0.25) is 0 Å². The Hall–Kier alpha value is -2.41. The largest absolute Gasteiger partial charge is 0.399 e. The fourth-order valence-corrected chi connectivity index (χ4v) is 3.88. The van der Waals surface area contributed by atoms with E-state index >= 15 is 0 Å². The van der Waals surface area contributed by atoms with E-state index in [1.165, 1.54) is 18.2 Å². The lowest BCUT2D eigenvalue weighted by atomic mass is 10.2. The van der Waals surface area contributed by atoms with E-state index < -0.39 is 15.9 Å². The number of aromatic nitrogens is 1. The molecule has 1 aromatic heterocycles. The number of amides is 1. The molecule has 0 radical (unpaired) electrons. The molecule has 0 saturated heterocycles. The van der Waals surface area contributed by atoms with Crippen molar-refractivity contribution in [3.63, 3.8) is 0 Å². The van der Waals surface area contributed by atoms with Crippen LogP contribution < -0.4 is 5.73 Å². The van der Waals surface area contributed by atoms with Crippen LogP contribution >= 0.6 is 0 Å². The van der Waals surface area contributed by atoms with Crippen molar-refractivity contribution >= 4 is 21.6 Å². The summed E-state index contributed by atoms with van der Waals surface area (Å²) >= 11 is 0. The number of hydrogen-bond acceptors (Lipinski definition) is 5. The average molecular weight is 303 g/mol. The van der Waals surface area contributed by atoms with Crippen molar-refractivity contribution in [3.05, 3.63) is 53.9 Å². The van der Waals surface area contributed by atoms with E-state index in [1.807, 2.05) is 6.07 Å². The summed E-state index contributed by atoms with van der Waals surface area (Å²) < 4.78 is 25.7. The van der Waals surface area contributed by atoms with Crippen LogP contribution in [-0.2, 0) is 16.4 Å². The summed E-state index contributed by atoms with van der Waals surface area (Å²) in [4.78, 5) is 16.3. The highest BCUT2D eigenvalue weighted by Gasteiger charge is 2.40. The summed E-state index contributed by atoms with van der Waals surface area (Å²) in [7, 11) is -3.81. The van der Waals surface area contributed by atoms with Crippen LogP contribution in [0.3, 0.4) is 0 Å². The number of nitrogens with two attached hydrogens (primary N) is 1. The highest BCUT2D eigenvalue weighted by Crippen LogP contribution is 2.31. The van der Waals surface area contributed by atoms with Gasteiger partial charge < -0.3 is 5.73 Å². The van der Waals surface area contributed by atoms with Crippen LogP contribution in [0, 0.1) is 0 Å². The summed E-state index contributed by atoms with van der Waals surface area (Å²) in [5.74, 6) is -0.513. The van der Waals surface area contributed by atoms with Crippen LogP contribution in [-0.4, -0.2) is 30.2 Å². The number of anilines is 1. The Labute approximate surface area is 122 Å². The number of carbonyl (C=O) groups is 1. The van der Waals surface area contributed by atoms with Gasteiger partial charge in [0, 0.05) is 30.5 Å². The predicted molar refractivity (Wildman–Crippen MR) is 77.0 cm³/mol. The Morgan fingerprint density at radius 3 is 2.71 bits per heavy atom. The number of nitrogen functional groups attached to an aromatic ring is 1. The SMILES string of the molecule is Nc1ccc2c(c1)S(=O)(=O)N(CCc1ccccn1)C2=O. The van der Waals surface area contributed by atoms with E-state index in [4.69, 9.17) is 5.73 Å². The van der Waals surface area contributed by atoms with Crippen molar-refractivity contribution in [2.75, 3.05) is 12.3 Å². The first kappa shape index (κ1) is 13.6. The maximum absolute atomic E-state index is 12.4. The van der Waals surface area contributed by atoms with Gasteiger partial charge in [0.05, 0.1) is 5.56 Å². The Bertz CT molecular complexity index is 803. The number of fused-ring (bicyclic) bond motifs is 1. The van der Waals surface area contributed by atoms with Crippen molar-refractivity contribution < 1.29 is 13.2 Å². The molecule has 1 aromatic carbocycles. The van der Waals surface area contributed by atoms with Gasteiger partial charge in [-0.2, -0.15) is 0 Å². The zero-order valence-corrected chi connectivity index (χ0v) is 11.9. The highest BCUT2D eigenvalue weighted by molar-refractivity contribution is 7.90. The van der Waals surface area contributed by atoms with Gasteiger partial charge in [0.2, 0.25) is 0 Å². The molecule has 1 aliphatic heterocycles. The minimum atomic E-state index is -3.81. The second-order valence-electron chi connectivity index (χ2n) is 4.71. The summed E-state index contributed by atoms with van der Waals surface area (Å²) in [6.45, 7) is 0.0623. The Kier molecular flexibility index (Phi) is 3.13. The van der Waals surface area contributed by atoms with Crippen LogP contribution in [0.1, 0.15) is 16.1 Å². The third-order valence-electron chi connectivity index (χ3n) is 3.33. The number of rotatable bonds is 3. The molecular formula is C14H13N3O3S. The minimum Gasteiger partial charge on any atom is -0.399 e. The summed E-state index contributed by atoms with van der Waals surface area (Å²) in [5, 5.41) is 0. The van der Waals surface area contributed by atoms with Gasteiger partial charge in [-0.3, -0.25) is 9.78 Å². The van der Waals surface area contributed by atoms with Crippen molar-refractivity contribution in [3.8, 4) is 0 Å². The van der Waals surface area contributed by atoms with Crippen LogP contribution in [0.5, 0.6) is 0 Å². The molecule has 21 heavy (non-hydrogen) atoms. The van der Waals surface area contributed by atoms with E-state index in [9.17, 15) is 13.2 Å². The van der Waals surface area contributed by atoms with E-state index in [1.54, 1.807) is 18.3 Å². The number of carbonyl (C=O) groups excluding carboxylic acids is 1. The van der Waals surface area contributed by atoms with Gasteiger partial charge in [-0.25, -0.2) is 12.7 Å². The van der Waals surface area contributed by atoms with E-state index in [0.717, 1.165) is 10.00 Å². The van der Waals surface area contributed by atoms with Crippen LogP contribution in [0.4, 0.5) is 5.69 Å². The second-order valence-corrected chi connectivity index (χ2v) is 6.54. The van der Waals surface area contributed by atoms with E-state index in [-0.39, 0.29) is 17.0 Å². The fraction of sp³-hybridized carbons (Fsp3) is 0.143. The predicted octanol–water partition coefficient (Wildman–Crippen LogP) is 1.05. The molecule has 0 unspecified atom stereocenters. The second kappa shape index (κ2) is 4.85. The molecule has 108 valence electrons. The normalized spacial score (nSPS) is 16.0. The molecule has 7 heteroatoms. The fourth-order valence-electron chi connectivity index (χ4n) is 2.28. The molecular weight excluding hydrogens is 290 g/mol. The zero-order chi connectivity index (χ0) is 15.0. The third-order valence-corrected chi connectivity index (χ3v) is 5.15. The molecule has 2 heterocycles. The molecule has 0 aliphatic carbocycles. The molecule has 0 bridgehead atoms. The number of pyridine rings is 1. The maximum atomic E-state index is 12.4. The first-order chi connectivity index (χ1) is 10.00. The molecule has 2 N–H and O–H groups in total. The van der Waals surface area contributed by atoms with Gasteiger partial charge in [0.1, 0.15) is 4.90 Å². The minimum absolute atomic E-state index is 0.0199. The summed E-state index contributed by atoms with van der Waals surface area (Å²) in [6.07, 6.45) is 2.00. The number of hydrogen-bond donors (Lipinski definition) is 1. The lowest BCUT2D eigenvalue weighted by Crippen LogP contribution is -2.32. The lowest BCUT2D eigenvalue weighted by molar-refractivity contribution is 0.0872. The van der Waals surface area contributed by atoms with Gasteiger partial charge in [0.15, 0.2) is 0 Å². The standard InChI is InChI=1S/C14H13N3O3S/c15-10-4-5-12-13(9-10)21(19,20)17(14(12)18)8-6-11-3-1-2-7-16-11/h1-5,7,9H,6,8,15H2. The first-order valence-electron chi connectivity index (χ1n) is 6.36. The van der Waals surface area contributed by atoms with E-state index in [2.05, 4.69) is 4.98 Å². The topological polar surface area (TPSA) is 93.4 Å². The molecule has 0 spiro atoms. The van der Waals surface area contributed by atoms with Gasteiger partial charge in [-0.1, -0.05) is 6.07 Å². The highest BCUT2D eigenvalue weighted by atomic mass is 32.2. The molecule has 3 rings (SSSR count). The zero-order valence-electron chi connectivity index (χ0n) is 11.1. The monoisotopic (exact) mass is 303 g/mol. The number of sulfonamides is 1. The Morgan fingerprint density at radius 2 is 2.00 bits per heavy atom. The van der Waals surface area contributed by atoms with E-state index in [0.29, 0.717) is 12.1 Å². The summed E-state index contributed by atoms with van der Waals surface area (Å²) in [5.41, 5.74) is 6.82. The molecule has 0 saturated carbocycles. The van der Waals surface area contributed by atoms with Gasteiger partial charge in [0.25, 0.3) is 15.9 Å². The molecule has 0 atom stereocenters. The Balaban J connectivity index is 1.90. The number of nitrogens with zero attached hydrogens (tertiary/aromatic N) is 2. The summed E-state index contributed by atoms with van der Waals surface area (Å²) in [6, 6.07) is 9.68. The molecule has 1 aliphatic rings. The lowest BCUT2D eigenvalue weighted by Gasteiger charge is -2.14. The molecule has 1 amide bonds. The first-order valence-corrected chi connectivity index (χ1v) is 7.80. The molecule has 2 aromatic rings. The van der Waals surface area contributed by atoms with Crippen LogP contribution in [0.25, 0.3) is 0 Å². The molecule has 6 nitrogen and oxygen atoms in total. The average Bonchev–Trinajstić information content (AvgIpc) is 2.65. The van der Waals surface area contributed by atoms with Crippen molar-refractivity contribution in [1.29, 1.82) is 0 Å². The van der Waals surface area contributed by atoms with Crippen molar-refractivity contribution in [1.82, 2.24) is 9.29 Å². The third kappa shape index (κ3) is 2.25. The van der Waals surface area contributed by atoms with Crippen molar-refractivity contribution in [2.24, 2.45) is 0 Å². The quantitative estimate of drug-likeness (QED) is 0.855. The van der Waals surface area contributed by atoms with Gasteiger partial charge >= 0.3 is 0 Å². The maximum Gasteiger partial charge on any atom is 0.269 e. The van der Waals surface area contributed by atoms with Gasteiger partial charge in [-0.15, -0.1) is 0 Å². The number of benzene rings is 1. The Morgan fingerprint density at radius 1 is 1.19 bits per heavy atom.